The van der Waals surface area contributed by atoms with Crippen molar-refractivity contribution < 1.29 is 19.0 Å². The molecule has 1 aromatic carbocycles. The second-order valence-electron chi connectivity index (χ2n) is 4.37. The molecule has 0 aromatic heterocycles. The van der Waals surface area contributed by atoms with Gasteiger partial charge in [0.05, 0.1) is 26.4 Å². The van der Waals surface area contributed by atoms with Crippen LogP contribution in [0.15, 0.2) is 18.2 Å². The lowest BCUT2D eigenvalue weighted by molar-refractivity contribution is -0.0553. The van der Waals surface area contributed by atoms with Crippen LogP contribution >= 0.6 is 0 Å². The van der Waals surface area contributed by atoms with Gasteiger partial charge < -0.3 is 14.6 Å². The Labute approximate surface area is 106 Å². The third-order valence-electron chi connectivity index (χ3n) is 3.08. The molecule has 4 nitrogen and oxygen atoms in total. The molecule has 100 valence electrons. The second kappa shape index (κ2) is 6.13. The lowest BCUT2D eigenvalue weighted by Crippen LogP contribution is -2.43. The highest BCUT2D eigenvalue weighted by Gasteiger charge is 2.20. The van der Waals surface area contributed by atoms with E-state index in [0.717, 1.165) is 6.54 Å². The minimum Gasteiger partial charge on any atom is -0.497 e. The number of benzene rings is 1. The molecule has 1 saturated heterocycles. The van der Waals surface area contributed by atoms with Crippen molar-refractivity contribution in [2.75, 3.05) is 33.4 Å². The van der Waals surface area contributed by atoms with Crippen LogP contribution in [0, 0.1) is 5.82 Å². The van der Waals surface area contributed by atoms with Crippen LogP contribution in [-0.2, 0) is 11.3 Å². The highest BCUT2D eigenvalue weighted by molar-refractivity contribution is 5.28. The fraction of sp³-hybridized carbons (Fsp3) is 0.538. The number of nitrogens with zero attached hydrogens (tertiary/aromatic N) is 1. The predicted molar refractivity (Wildman–Crippen MR) is 65.1 cm³/mol. The fourth-order valence-corrected chi connectivity index (χ4v) is 2.06. The van der Waals surface area contributed by atoms with Gasteiger partial charge in [-0.25, -0.2) is 4.39 Å². The third kappa shape index (κ3) is 3.19. The first-order chi connectivity index (χ1) is 8.72. The van der Waals surface area contributed by atoms with Crippen molar-refractivity contribution in [2.24, 2.45) is 0 Å². The number of methoxy groups -OCH3 is 1. The van der Waals surface area contributed by atoms with Gasteiger partial charge in [-0.15, -0.1) is 0 Å². The summed E-state index contributed by atoms with van der Waals surface area (Å²) in [6, 6.07) is 4.87. The third-order valence-corrected chi connectivity index (χ3v) is 3.08. The summed E-state index contributed by atoms with van der Waals surface area (Å²) in [6.07, 6.45) is -0.167. The van der Waals surface area contributed by atoms with E-state index in [1.807, 2.05) is 0 Å². The Hall–Kier alpha value is -1.17. The summed E-state index contributed by atoms with van der Waals surface area (Å²) in [4.78, 5) is 2.08. The predicted octanol–water partition coefficient (Wildman–Crippen LogP) is 1.03. The van der Waals surface area contributed by atoms with E-state index in [1.54, 1.807) is 12.1 Å². The number of halogens is 1. The first-order valence-corrected chi connectivity index (χ1v) is 6.00. The number of ether oxygens (including phenoxy) is 2. The summed E-state index contributed by atoms with van der Waals surface area (Å²) in [5, 5.41) is 9.06. The standard InChI is InChI=1S/C13H18FNO3/c1-17-11-3-2-10(13(14)6-11)7-15-4-5-18-12(8-15)9-16/h2-3,6,12,16H,4-5,7-9H2,1H3. The Morgan fingerprint density at radius 1 is 1.56 bits per heavy atom. The van der Waals surface area contributed by atoms with Crippen molar-refractivity contribution in [1.82, 2.24) is 4.90 Å². The van der Waals surface area contributed by atoms with Gasteiger partial charge in [0.2, 0.25) is 0 Å². The van der Waals surface area contributed by atoms with Crippen LogP contribution in [0.2, 0.25) is 0 Å². The zero-order chi connectivity index (χ0) is 13.0. The van der Waals surface area contributed by atoms with Gasteiger partial charge in [0, 0.05) is 31.3 Å². The van der Waals surface area contributed by atoms with Crippen LogP contribution in [0.4, 0.5) is 4.39 Å². The lowest BCUT2D eigenvalue weighted by atomic mass is 10.1. The molecule has 0 saturated carbocycles. The van der Waals surface area contributed by atoms with Crippen LogP contribution in [0.5, 0.6) is 5.75 Å². The molecule has 1 N–H and O–H groups in total. The number of aliphatic hydroxyl groups is 1. The first-order valence-electron chi connectivity index (χ1n) is 6.00. The van der Waals surface area contributed by atoms with Crippen LogP contribution in [0.25, 0.3) is 0 Å². The minimum absolute atomic E-state index is 0.00158. The molecule has 1 atom stereocenters. The Morgan fingerprint density at radius 2 is 2.39 bits per heavy atom. The largest absolute Gasteiger partial charge is 0.497 e. The van der Waals surface area contributed by atoms with E-state index in [4.69, 9.17) is 14.6 Å². The summed E-state index contributed by atoms with van der Waals surface area (Å²) < 4.78 is 24.1. The van der Waals surface area contributed by atoms with Crippen molar-refractivity contribution in [2.45, 2.75) is 12.6 Å². The van der Waals surface area contributed by atoms with E-state index < -0.39 is 0 Å². The molecule has 1 unspecified atom stereocenters. The molecule has 1 aliphatic heterocycles. The molecule has 2 rings (SSSR count). The van der Waals surface area contributed by atoms with Crippen LogP contribution in [0.3, 0.4) is 0 Å². The minimum atomic E-state index is -0.263. The summed E-state index contributed by atoms with van der Waals surface area (Å²) in [5.74, 6) is 0.257. The zero-order valence-corrected chi connectivity index (χ0v) is 10.4. The molecule has 1 fully saturated rings. The van der Waals surface area contributed by atoms with Gasteiger partial charge in [0.15, 0.2) is 0 Å². The molecular formula is C13H18FNO3. The topological polar surface area (TPSA) is 41.9 Å². The summed E-state index contributed by atoms with van der Waals surface area (Å²) in [7, 11) is 1.52. The highest BCUT2D eigenvalue weighted by Crippen LogP contribution is 2.18. The zero-order valence-electron chi connectivity index (χ0n) is 10.4. The molecule has 1 aliphatic rings. The Balaban J connectivity index is 2.00. The highest BCUT2D eigenvalue weighted by atomic mass is 19.1. The van der Waals surface area contributed by atoms with Crippen LogP contribution in [-0.4, -0.2) is 49.5 Å². The van der Waals surface area contributed by atoms with E-state index in [2.05, 4.69) is 4.90 Å². The molecule has 5 heteroatoms. The molecule has 0 amide bonds. The summed E-state index contributed by atoms with van der Waals surface area (Å²) >= 11 is 0. The molecule has 1 aromatic rings. The molecular weight excluding hydrogens is 237 g/mol. The normalized spacial score (nSPS) is 20.9. The molecule has 0 spiro atoms. The monoisotopic (exact) mass is 255 g/mol. The Kier molecular flexibility index (Phi) is 4.52. The van der Waals surface area contributed by atoms with Gasteiger partial charge in [0.1, 0.15) is 11.6 Å². The number of hydrogen-bond acceptors (Lipinski definition) is 4. The number of aliphatic hydroxyl groups excluding tert-OH is 1. The summed E-state index contributed by atoms with van der Waals surface area (Å²) in [5.41, 5.74) is 0.634. The maximum Gasteiger partial charge on any atom is 0.131 e. The van der Waals surface area contributed by atoms with Crippen molar-refractivity contribution in [1.29, 1.82) is 0 Å². The SMILES string of the molecule is COc1ccc(CN2CCOC(CO)C2)c(F)c1. The molecule has 1 heterocycles. The second-order valence-corrected chi connectivity index (χ2v) is 4.37. The van der Waals surface area contributed by atoms with Gasteiger partial charge in [-0.05, 0) is 6.07 Å². The number of rotatable bonds is 4. The maximum atomic E-state index is 13.8. The first kappa shape index (κ1) is 13.3. The van der Waals surface area contributed by atoms with Crippen molar-refractivity contribution in [3.05, 3.63) is 29.6 Å². The Morgan fingerprint density at radius 3 is 3.06 bits per heavy atom. The van der Waals surface area contributed by atoms with E-state index in [1.165, 1.54) is 13.2 Å². The van der Waals surface area contributed by atoms with Gasteiger partial charge >= 0.3 is 0 Å². The fourth-order valence-electron chi connectivity index (χ4n) is 2.06. The van der Waals surface area contributed by atoms with Gasteiger partial charge in [-0.3, -0.25) is 4.90 Å². The number of morpholine rings is 1. The van der Waals surface area contributed by atoms with Gasteiger partial charge in [-0.2, -0.15) is 0 Å². The van der Waals surface area contributed by atoms with Crippen molar-refractivity contribution in [3.63, 3.8) is 0 Å². The van der Waals surface area contributed by atoms with E-state index in [9.17, 15) is 4.39 Å². The molecule has 18 heavy (non-hydrogen) atoms. The van der Waals surface area contributed by atoms with Gasteiger partial charge in [0.25, 0.3) is 0 Å². The lowest BCUT2D eigenvalue weighted by Gasteiger charge is -2.32. The molecule has 0 aliphatic carbocycles. The molecule has 0 radical (unpaired) electrons. The molecule has 0 bridgehead atoms. The summed E-state index contributed by atoms with van der Waals surface area (Å²) in [6.45, 7) is 2.48. The van der Waals surface area contributed by atoms with Crippen LogP contribution < -0.4 is 4.74 Å². The number of hydrogen-bond donors (Lipinski definition) is 1. The van der Waals surface area contributed by atoms with Crippen LogP contribution in [0.1, 0.15) is 5.56 Å². The van der Waals surface area contributed by atoms with E-state index >= 15 is 0 Å². The van der Waals surface area contributed by atoms with E-state index in [-0.39, 0.29) is 18.5 Å². The van der Waals surface area contributed by atoms with Gasteiger partial charge in [-0.1, -0.05) is 6.07 Å². The average Bonchev–Trinajstić information content (AvgIpc) is 2.41. The quantitative estimate of drug-likeness (QED) is 0.872. The maximum absolute atomic E-state index is 13.8. The smallest absolute Gasteiger partial charge is 0.131 e. The van der Waals surface area contributed by atoms with Crippen molar-refractivity contribution >= 4 is 0 Å². The Bertz CT molecular complexity index is 400. The van der Waals surface area contributed by atoms with Crippen molar-refractivity contribution in [3.8, 4) is 5.75 Å². The average molecular weight is 255 g/mol. The van der Waals surface area contributed by atoms with E-state index in [0.29, 0.717) is 31.0 Å².